The van der Waals surface area contributed by atoms with Crippen LogP contribution in [0.4, 0.5) is 0 Å². The molecule has 1 rings (SSSR count). The van der Waals surface area contributed by atoms with Gasteiger partial charge in [0.15, 0.2) is 0 Å². The van der Waals surface area contributed by atoms with E-state index in [4.69, 9.17) is 5.73 Å². The van der Waals surface area contributed by atoms with Crippen LogP contribution in [-0.4, -0.2) is 31.1 Å². The first kappa shape index (κ1) is 14.0. The summed E-state index contributed by atoms with van der Waals surface area (Å²) in [6, 6.07) is 0.729. The fourth-order valence-corrected chi connectivity index (χ4v) is 2.86. The predicted octanol–water partition coefficient (Wildman–Crippen LogP) is 2.73. The van der Waals surface area contributed by atoms with Gasteiger partial charge in [-0.15, -0.1) is 0 Å². The van der Waals surface area contributed by atoms with Crippen molar-refractivity contribution < 1.29 is 0 Å². The molecule has 2 nitrogen and oxygen atoms in total. The van der Waals surface area contributed by atoms with Crippen LogP contribution in [-0.2, 0) is 0 Å². The molecule has 0 saturated heterocycles. The second-order valence-electron chi connectivity index (χ2n) is 6.14. The van der Waals surface area contributed by atoms with Crippen molar-refractivity contribution >= 4 is 0 Å². The molecule has 1 fully saturated rings. The lowest BCUT2D eigenvalue weighted by Gasteiger charge is -2.40. The molecular formula is C14H30N2. The third-order valence-electron chi connectivity index (χ3n) is 4.15. The molecule has 1 aliphatic rings. The third-order valence-corrected chi connectivity index (χ3v) is 4.15. The van der Waals surface area contributed by atoms with Crippen LogP contribution >= 0.6 is 0 Å². The molecule has 0 heterocycles. The van der Waals surface area contributed by atoms with E-state index >= 15 is 0 Å². The van der Waals surface area contributed by atoms with E-state index in [1.807, 2.05) is 0 Å². The molecule has 0 aromatic carbocycles. The minimum atomic E-state index is 0.729. The first-order valence-electron chi connectivity index (χ1n) is 6.94. The van der Waals surface area contributed by atoms with E-state index in [9.17, 15) is 0 Å². The van der Waals surface area contributed by atoms with Gasteiger partial charge in [-0.3, -0.25) is 0 Å². The lowest BCUT2D eigenvalue weighted by atomic mass is 9.78. The SMILES string of the molecule is CC(C)CCN(C)C1CC(C)CCC1CN. The summed E-state index contributed by atoms with van der Waals surface area (Å²) < 4.78 is 0. The Balaban J connectivity index is 2.46. The summed E-state index contributed by atoms with van der Waals surface area (Å²) in [5.74, 6) is 2.42. The molecule has 0 bridgehead atoms. The topological polar surface area (TPSA) is 29.3 Å². The van der Waals surface area contributed by atoms with Gasteiger partial charge < -0.3 is 10.6 Å². The maximum absolute atomic E-state index is 5.91. The molecule has 0 aromatic rings. The van der Waals surface area contributed by atoms with Crippen molar-refractivity contribution in [1.29, 1.82) is 0 Å². The average Bonchev–Trinajstić information content (AvgIpc) is 2.25. The van der Waals surface area contributed by atoms with Gasteiger partial charge in [0.1, 0.15) is 0 Å². The molecule has 96 valence electrons. The Bertz CT molecular complexity index is 191. The summed E-state index contributed by atoms with van der Waals surface area (Å²) in [6.07, 6.45) is 5.35. The van der Waals surface area contributed by atoms with Gasteiger partial charge in [-0.1, -0.05) is 27.2 Å². The van der Waals surface area contributed by atoms with Crippen molar-refractivity contribution in [1.82, 2.24) is 4.90 Å². The summed E-state index contributed by atoms with van der Waals surface area (Å²) in [6.45, 7) is 9.08. The van der Waals surface area contributed by atoms with Gasteiger partial charge in [0.25, 0.3) is 0 Å². The van der Waals surface area contributed by atoms with Gasteiger partial charge >= 0.3 is 0 Å². The van der Waals surface area contributed by atoms with Gasteiger partial charge in [0, 0.05) is 6.04 Å². The standard InChI is InChI=1S/C14H30N2/c1-11(2)7-8-16(4)14-9-12(3)5-6-13(14)10-15/h11-14H,5-10,15H2,1-4H3. The largest absolute Gasteiger partial charge is 0.330 e. The number of rotatable bonds is 5. The summed E-state index contributed by atoms with van der Waals surface area (Å²) in [7, 11) is 2.29. The predicted molar refractivity (Wildman–Crippen MR) is 71.4 cm³/mol. The van der Waals surface area contributed by atoms with E-state index in [2.05, 4.69) is 32.7 Å². The molecule has 0 aromatic heterocycles. The zero-order valence-electron chi connectivity index (χ0n) is 11.6. The molecule has 2 N–H and O–H groups in total. The van der Waals surface area contributed by atoms with Crippen LogP contribution in [0.25, 0.3) is 0 Å². The quantitative estimate of drug-likeness (QED) is 0.781. The Morgan fingerprint density at radius 1 is 1.31 bits per heavy atom. The number of hydrogen-bond donors (Lipinski definition) is 1. The van der Waals surface area contributed by atoms with E-state index in [1.54, 1.807) is 0 Å². The molecule has 2 heteroatoms. The molecule has 1 aliphatic carbocycles. The highest BCUT2D eigenvalue weighted by Crippen LogP contribution is 2.31. The molecule has 0 amide bonds. The smallest absolute Gasteiger partial charge is 0.0135 e. The Morgan fingerprint density at radius 3 is 2.56 bits per heavy atom. The van der Waals surface area contributed by atoms with Crippen LogP contribution in [0, 0.1) is 17.8 Å². The van der Waals surface area contributed by atoms with E-state index in [0.29, 0.717) is 0 Å². The monoisotopic (exact) mass is 226 g/mol. The van der Waals surface area contributed by atoms with Crippen molar-refractivity contribution in [3.05, 3.63) is 0 Å². The highest BCUT2D eigenvalue weighted by molar-refractivity contribution is 4.85. The van der Waals surface area contributed by atoms with Gasteiger partial charge in [0.05, 0.1) is 0 Å². The lowest BCUT2D eigenvalue weighted by Crippen LogP contribution is -2.45. The second-order valence-corrected chi connectivity index (χ2v) is 6.14. The molecule has 1 saturated carbocycles. The number of hydrogen-bond acceptors (Lipinski definition) is 2. The molecular weight excluding hydrogens is 196 g/mol. The van der Waals surface area contributed by atoms with Crippen molar-refractivity contribution in [3.8, 4) is 0 Å². The van der Waals surface area contributed by atoms with Crippen LogP contribution in [0.2, 0.25) is 0 Å². The number of nitrogens with zero attached hydrogens (tertiary/aromatic N) is 1. The van der Waals surface area contributed by atoms with E-state index in [-0.39, 0.29) is 0 Å². The van der Waals surface area contributed by atoms with E-state index < -0.39 is 0 Å². The third kappa shape index (κ3) is 4.06. The van der Waals surface area contributed by atoms with Crippen molar-refractivity contribution in [2.75, 3.05) is 20.1 Å². The first-order chi connectivity index (χ1) is 7.54. The molecule has 0 spiro atoms. The Morgan fingerprint density at radius 2 is 2.00 bits per heavy atom. The Labute approximate surface area is 102 Å². The summed E-state index contributed by atoms with van der Waals surface area (Å²) in [5, 5.41) is 0. The fraction of sp³-hybridized carbons (Fsp3) is 1.00. The van der Waals surface area contributed by atoms with Gasteiger partial charge in [0.2, 0.25) is 0 Å². The van der Waals surface area contributed by atoms with E-state index in [1.165, 1.54) is 32.2 Å². The Hall–Kier alpha value is -0.0800. The van der Waals surface area contributed by atoms with Crippen LogP contribution < -0.4 is 5.73 Å². The number of nitrogens with two attached hydrogens (primary N) is 1. The summed E-state index contributed by atoms with van der Waals surface area (Å²) in [4.78, 5) is 2.56. The summed E-state index contributed by atoms with van der Waals surface area (Å²) >= 11 is 0. The van der Waals surface area contributed by atoms with Crippen molar-refractivity contribution in [2.45, 2.75) is 52.5 Å². The van der Waals surface area contributed by atoms with Gasteiger partial charge in [-0.25, -0.2) is 0 Å². The van der Waals surface area contributed by atoms with E-state index in [0.717, 1.165) is 30.3 Å². The second kappa shape index (κ2) is 6.61. The molecule has 0 radical (unpaired) electrons. The minimum Gasteiger partial charge on any atom is -0.330 e. The van der Waals surface area contributed by atoms with Crippen molar-refractivity contribution in [3.63, 3.8) is 0 Å². The van der Waals surface area contributed by atoms with Gasteiger partial charge in [-0.2, -0.15) is 0 Å². The minimum absolute atomic E-state index is 0.729. The first-order valence-corrected chi connectivity index (χ1v) is 6.94. The molecule has 0 aliphatic heterocycles. The van der Waals surface area contributed by atoms with Crippen LogP contribution in [0.3, 0.4) is 0 Å². The average molecular weight is 226 g/mol. The van der Waals surface area contributed by atoms with Crippen LogP contribution in [0.5, 0.6) is 0 Å². The Kier molecular flexibility index (Phi) is 5.77. The maximum atomic E-state index is 5.91. The van der Waals surface area contributed by atoms with Crippen molar-refractivity contribution in [2.24, 2.45) is 23.5 Å². The van der Waals surface area contributed by atoms with Gasteiger partial charge in [-0.05, 0) is 57.2 Å². The summed E-state index contributed by atoms with van der Waals surface area (Å²) in [5.41, 5.74) is 5.91. The molecule has 3 unspecified atom stereocenters. The molecule has 3 atom stereocenters. The van der Waals surface area contributed by atoms with Crippen LogP contribution in [0.15, 0.2) is 0 Å². The molecule has 16 heavy (non-hydrogen) atoms. The lowest BCUT2D eigenvalue weighted by molar-refractivity contribution is 0.104. The zero-order valence-corrected chi connectivity index (χ0v) is 11.6. The highest BCUT2D eigenvalue weighted by Gasteiger charge is 2.30. The maximum Gasteiger partial charge on any atom is 0.0135 e. The highest BCUT2D eigenvalue weighted by atomic mass is 15.1. The normalized spacial score (nSPS) is 31.3. The fourth-order valence-electron chi connectivity index (χ4n) is 2.86. The van der Waals surface area contributed by atoms with Crippen LogP contribution in [0.1, 0.15) is 46.5 Å². The zero-order chi connectivity index (χ0) is 12.1.